The average molecular weight is 298 g/mol. The highest BCUT2D eigenvalue weighted by atomic mass is 32.2. The van der Waals surface area contributed by atoms with Crippen molar-refractivity contribution in [3.8, 4) is 0 Å². The summed E-state index contributed by atoms with van der Waals surface area (Å²) in [6, 6.07) is 2.40. The first kappa shape index (κ1) is 17.0. The Balaban J connectivity index is 2.83. The van der Waals surface area contributed by atoms with Crippen LogP contribution in [0.25, 0.3) is 0 Å². The van der Waals surface area contributed by atoms with Crippen LogP contribution >= 0.6 is 11.8 Å². The summed E-state index contributed by atoms with van der Waals surface area (Å²) >= 11 is 1.84. The molecule has 1 aromatic rings. The van der Waals surface area contributed by atoms with Crippen molar-refractivity contribution in [3.63, 3.8) is 0 Å². The number of ether oxygens (including phenoxy) is 1. The highest BCUT2D eigenvalue weighted by Crippen LogP contribution is 2.15. The minimum absolute atomic E-state index is 0.425. The van der Waals surface area contributed by atoms with E-state index < -0.39 is 0 Å². The summed E-state index contributed by atoms with van der Waals surface area (Å²) in [6.45, 7) is 5.65. The Morgan fingerprint density at radius 2 is 2.05 bits per heavy atom. The van der Waals surface area contributed by atoms with Crippen LogP contribution in [0.1, 0.15) is 32.5 Å². The van der Waals surface area contributed by atoms with Crippen LogP contribution in [0, 0.1) is 0 Å². The van der Waals surface area contributed by atoms with Crippen molar-refractivity contribution in [2.24, 2.45) is 0 Å². The number of nitrogens with one attached hydrogen (secondary N) is 2. The molecule has 0 bridgehead atoms. The smallest absolute Gasteiger partial charge is 0.158 e. The van der Waals surface area contributed by atoms with E-state index in [0.29, 0.717) is 18.5 Å². The second-order valence-corrected chi connectivity index (χ2v) is 5.53. The second-order valence-electron chi connectivity index (χ2n) is 4.62. The van der Waals surface area contributed by atoms with Gasteiger partial charge in [-0.2, -0.15) is 11.8 Å². The van der Waals surface area contributed by atoms with E-state index in [1.807, 2.05) is 17.8 Å². The van der Waals surface area contributed by atoms with Crippen molar-refractivity contribution in [2.75, 3.05) is 36.3 Å². The minimum atomic E-state index is 0.425. The summed E-state index contributed by atoms with van der Waals surface area (Å²) in [4.78, 5) is 8.95. The average Bonchev–Trinajstić information content (AvgIpc) is 2.45. The van der Waals surface area contributed by atoms with E-state index in [4.69, 9.17) is 4.74 Å². The number of hydrogen-bond donors (Lipinski definition) is 2. The molecule has 0 aliphatic heterocycles. The fourth-order valence-corrected chi connectivity index (χ4v) is 2.50. The van der Waals surface area contributed by atoms with Gasteiger partial charge in [-0.3, -0.25) is 0 Å². The fraction of sp³-hybridized carbons (Fsp3) is 0.714. The molecule has 0 aromatic carbocycles. The van der Waals surface area contributed by atoms with E-state index >= 15 is 0 Å². The van der Waals surface area contributed by atoms with Gasteiger partial charge in [0.05, 0.1) is 0 Å². The van der Waals surface area contributed by atoms with Crippen molar-refractivity contribution in [2.45, 2.75) is 39.3 Å². The number of thioether (sulfide) groups is 1. The molecule has 1 aromatic heterocycles. The van der Waals surface area contributed by atoms with Crippen LogP contribution in [-0.4, -0.2) is 41.7 Å². The molecule has 1 atom stereocenters. The largest absolute Gasteiger partial charge is 0.377 e. The molecule has 5 nitrogen and oxygen atoms in total. The van der Waals surface area contributed by atoms with Crippen LogP contribution in [0.4, 0.5) is 11.6 Å². The molecule has 0 aliphatic rings. The fourth-order valence-electron chi connectivity index (χ4n) is 1.78. The summed E-state index contributed by atoms with van der Waals surface area (Å²) in [6.07, 6.45) is 4.26. The molecule has 0 fully saturated rings. The molecule has 0 radical (unpaired) electrons. The Morgan fingerprint density at radius 3 is 2.65 bits per heavy atom. The normalized spacial score (nSPS) is 12.2. The standard InChI is InChI=1S/C14H26N4OS/c1-5-7-15-12-8-13(16-11(6-2)10-20-4)18-14(17-12)9-19-3/h8,11H,5-7,9-10H2,1-4H3,(H2,15,16,17,18). The van der Waals surface area contributed by atoms with E-state index in [9.17, 15) is 0 Å². The molecule has 0 aliphatic carbocycles. The zero-order valence-electron chi connectivity index (χ0n) is 12.9. The lowest BCUT2D eigenvalue weighted by Crippen LogP contribution is -2.22. The van der Waals surface area contributed by atoms with Crippen molar-refractivity contribution < 1.29 is 4.74 Å². The van der Waals surface area contributed by atoms with Crippen molar-refractivity contribution in [1.29, 1.82) is 0 Å². The Labute approximate surface area is 126 Å². The third-order valence-corrected chi connectivity index (χ3v) is 3.55. The number of aromatic nitrogens is 2. The molecule has 2 N–H and O–H groups in total. The van der Waals surface area contributed by atoms with Crippen LogP contribution in [0.15, 0.2) is 6.07 Å². The molecule has 1 heterocycles. The maximum absolute atomic E-state index is 5.14. The maximum atomic E-state index is 5.14. The van der Waals surface area contributed by atoms with E-state index in [2.05, 4.69) is 40.7 Å². The van der Waals surface area contributed by atoms with Gasteiger partial charge >= 0.3 is 0 Å². The van der Waals surface area contributed by atoms with E-state index in [1.165, 1.54) is 0 Å². The molecule has 0 amide bonds. The highest BCUT2D eigenvalue weighted by Gasteiger charge is 2.09. The summed E-state index contributed by atoms with van der Waals surface area (Å²) in [5.74, 6) is 3.50. The summed E-state index contributed by atoms with van der Waals surface area (Å²) in [5.41, 5.74) is 0. The molecule has 1 unspecified atom stereocenters. The lowest BCUT2D eigenvalue weighted by molar-refractivity contribution is 0.178. The topological polar surface area (TPSA) is 59.1 Å². The lowest BCUT2D eigenvalue weighted by atomic mass is 10.2. The minimum Gasteiger partial charge on any atom is -0.377 e. The van der Waals surface area contributed by atoms with Gasteiger partial charge in [-0.25, -0.2) is 9.97 Å². The van der Waals surface area contributed by atoms with Gasteiger partial charge in [0, 0.05) is 31.5 Å². The number of anilines is 2. The number of rotatable bonds is 10. The van der Waals surface area contributed by atoms with E-state index in [0.717, 1.165) is 36.8 Å². The molecule has 1 rings (SSSR count). The van der Waals surface area contributed by atoms with Gasteiger partial charge in [-0.05, 0) is 19.1 Å². The van der Waals surface area contributed by atoms with Gasteiger partial charge in [0.1, 0.15) is 18.2 Å². The Hall–Kier alpha value is -1.01. The summed E-state index contributed by atoms with van der Waals surface area (Å²) in [7, 11) is 1.66. The second kappa shape index (κ2) is 9.83. The summed E-state index contributed by atoms with van der Waals surface area (Å²) in [5, 5.41) is 6.78. The Bertz CT molecular complexity index is 389. The van der Waals surface area contributed by atoms with Crippen molar-refractivity contribution >= 4 is 23.4 Å². The molecule has 114 valence electrons. The zero-order chi connectivity index (χ0) is 14.8. The first-order chi connectivity index (χ1) is 9.73. The monoisotopic (exact) mass is 298 g/mol. The third-order valence-electron chi connectivity index (χ3n) is 2.81. The predicted octanol–water partition coefficient (Wildman–Crippen LogP) is 3.00. The van der Waals surface area contributed by atoms with E-state index in [1.54, 1.807) is 7.11 Å². The first-order valence-corrected chi connectivity index (χ1v) is 8.49. The van der Waals surface area contributed by atoms with Crippen LogP contribution in [0.3, 0.4) is 0 Å². The van der Waals surface area contributed by atoms with Gasteiger partial charge in [0.2, 0.25) is 0 Å². The Kier molecular flexibility index (Phi) is 8.37. The lowest BCUT2D eigenvalue weighted by Gasteiger charge is -2.17. The van der Waals surface area contributed by atoms with Gasteiger partial charge < -0.3 is 15.4 Å². The molecule has 6 heteroatoms. The van der Waals surface area contributed by atoms with Crippen LogP contribution in [-0.2, 0) is 11.3 Å². The number of nitrogens with zero attached hydrogens (tertiary/aromatic N) is 2. The van der Waals surface area contributed by atoms with Gasteiger partial charge in [-0.1, -0.05) is 13.8 Å². The number of methoxy groups -OCH3 is 1. The SMILES string of the molecule is CCCNc1cc(NC(CC)CSC)nc(COC)n1. The predicted molar refractivity (Wildman–Crippen MR) is 87.6 cm³/mol. The zero-order valence-corrected chi connectivity index (χ0v) is 13.7. The van der Waals surface area contributed by atoms with Crippen molar-refractivity contribution in [1.82, 2.24) is 9.97 Å². The van der Waals surface area contributed by atoms with Crippen molar-refractivity contribution in [3.05, 3.63) is 11.9 Å². The molecule has 20 heavy (non-hydrogen) atoms. The van der Waals surface area contributed by atoms with Crippen LogP contribution in [0.2, 0.25) is 0 Å². The first-order valence-electron chi connectivity index (χ1n) is 7.09. The summed E-state index contributed by atoms with van der Waals surface area (Å²) < 4.78 is 5.14. The van der Waals surface area contributed by atoms with Gasteiger partial charge in [-0.15, -0.1) is 0 Å². The molecular formula is C14H26N4OS. The molecule has 0 saturated heterocycles. The van der Waals surface area contributed by atoms with E-state index in [-0.39, 0.29) is 0 Å². The van der Waals surface area contributed by atoms with Gasteiger partial charge in [0.25, 0.3) is 0 Å². The third kappa shape index (κ3) is 5.96. The molecule has 0 spiro atoms. The maximum Gasteiger partial charge on any atom is 0.158 e. The number of hydrogen-bond acceptors (Lipinski definition) is 6. The molecule has 0 saturated carbocycles. The molecular weight excluding hydrogens is 272 g/mol. The quantitative estimate of drug-likeness (QED) is 0.692. The van der Waals surface area contributed by atoms with Crippen LogP contribution < -0.4 is 10.6 Å². The Morgan fingerprint density at radius 1 is 1.30 bits per heavy atom. The highest BCUT2D eigenvalue weighted by molar-refractivity contribution is 7.98. The van der Waals surface area contributed by atoms with Gasteiger partial charge in [0.15, 0.2) is 5.82 Å². The van der Waals surface area contributed by atoms with Crippen LogP contribution in [0.5, 0.6) is 0 Å².